The van der Waals surface area contributed by atoms with E-state index in [1.54, 1.807) is 18.2 Å². The van der Waals surface area contributed by atoms with Crippen LogP contribution in [0.2, 0.25) is 0 Å². The van der Waals surface area contributed by atoms with Crippen molar-refractivity contribution in [1.29, 1.82) is 5.26 Å². The average Bonchev–Trinajstić information content (AvgIpc) is 2.74. The zero-order valence-corrected chi connectivity index (χ0v) is 9.82. The first kappa shape index (κ1) is 11.2. The van der Waals surface area contributed by atoms with Crippen LogP contribution in [0.15, 0.2) is 24.4 Å². The molecule has 5 nitrogen and oxygen atoms in total. The molecular formula is C11H9N3O2S. The van der Waals surface area contributed by atoms with Gasteiger partial charge in [0.05, 0.1) is 24.9 Å². The summed E-state index contributed by atoms with van der Waals surface area (Å²) in [4.78, 5) is 3.97. The van der Waals surface area contributed by atoms with Gasteiger partial charge in [0.15, 0.2) is 0 Å². The third-order valence-corrected chi connectivity index (χ3v) is 2.66. The van der Waals surface area contributed by atoms with Gasteiger partial charge in [0.1, 0.15) is 16.5 Å². The highest BCUT2D eigenvalue weighted by atomic mass is 32.1. The van der Waals surface area contributed by atoms with Crippen molar-refractivity contribution in [2.24, 2.45) is 0 Å². The molecule has 0 radical (unpaired) electrons. The van der Waals surface area contributed by atoms with Crippen molar-refractivity contribution >= 4 is 16.3 Å². The van der Waals surface area contributed by atoms with Gasteiger partial charge in [0, 0.05) is 6.07 Å². The van der Waals surface area contributed by atoms with E-state index in [-0.39, 0.29) is 0 Å². The van der Waals surface area contributed by atoms with E-state index in [0.717, 1.165) is 0 Å². The number of methoxy groups -OCH3 is 1. The zero-order chi connectivity index (χ0) is 12.3. The number of hydrogen-bond donors (Lipinski definition) is 1. The predicted octanol–water partition coefficient (Wildman–Crippen LogP) is 2.40. The van der Waals surface area contributed by atoms with Crippen molar-refractivity contribution in [3.63, 3.8) is 0 Å². The van der Waals surface area contributed by atoms with E-state index in [9.17, 15) is 0 Å². The van der Waals surface area contributed by atoms with Gasteiger partial charge in [-0.15, -0.1) is 0 Å². The fourth-order valence-corrected chi connectivity index (χ4v) is 1.78. The predicted molar refractivity (Wildman–Crippen MR) is 64.3 cm³/mol. The average molecular weight is 247 g/mol. The molecule has 0 saturated heterocycles. The first-order valence-corrected chi connectivity index (χ1v) is 5.51. The van der Waals surface area contributed by atoms with Gasteiger partial charge in [-0.05, 0) is 12.1 Å². The second kappa shape index (κ2) is 4.72. The van der Waals surface area contributed by atoms with Crippen molar-refractivity contribution in [3.8, 4) is 22.8 Å². The molecule has 0 spiro atoms. The molecule has 2 N–H and O–H groups in total. The van der Waals surface area contributed by atoms with Gasteiger partial charge >= 0.3 is 0 Å². The minimum absolute atomic E-state index is 0.430. The van der Waals surface area contributed by atoms with Crippen LogP contribution < -0.4 is 15.2 Å². The lowest BCUT2D eigenvalue weighted by Crippen LogP contribution is -1.88. The summed E-state index contributed by atoms with van der Waals surface area (Å²) in [6.45, 7) is 0. The number of benzene rings is 1. The topological polar surface area (TPSA) is 81.2 Å². The fourth-order valence-electron chi connectivity index (χ4n) is 1.23. The van der Waals surface area contributed by atoms with E-state index < -0.39 is 0 Å². The maximum absolute atomic E-state index is 8.86. The smallest absolute Gasteiger partial charge is 0.280 e. The molecule has 0 aliphatic rings. The number of aromatic nitrogens is 1. The van der Waals surface area contributed by atoms with Crippen LogP contribution in [0, 0.1) is 11.3 Å². The summed E-state index contributed by atoms with van der Waals surface area (Å²) in [7, 11) is 1.53. The molecule has 1 heterocycles. The fraction of sp³-hybridized carbons (Fsp3) is 0.0909. The van der Waals surface area contributed by atoms with Gasteiger partial charge in [-0.2, -0.15) is 5.26 Å². The number of nitrogen functional groups attached to an aromatic ring is 1. The van der Waals surface area contributed by atoms with E-state index >= 15 is 0 Å². The second-order valence-electron chi connectivity index (χ2n) is 3.14. The molecule has 0 fully saturated rings. The molecule has 2 rings (SSSR count). The third-order valence-electron chi connectivity index (χ3n) is 1.95. The summed E-state index contributed by atoms with van der Waals surface area (Å²) in [5, 5.41) is 9.86. The van der Waals surface area contributed by atoms with E-state index in [1.165, 1.54) is 24.6 Å². The maximum Gasteiger partial charge on any atom is 0.280 e. The molecule has 0 saturated carbocycles. The van der Waals surface area contributed by atoms with E-state index in [2.05, 4.69) is 4.98 Å². The summed E-state index contributed by atoms with van der Waals surface area (Å²) >= 11 is 1.23. The van der Waals surface area contributed by atoms with Gasteiger partial charge in [-0.3, -0.25) is 0 Å². The highest BCUT2D eigenvalue weighted by molar-refractivity contribution is 7.17. The van der Waals surface area contributed by atoms with E-state index in [4.69, 9.17) is 20.5 Å². The van der Waals surface area contributed by atoms with Crippen LogP contribution in [0.1, 0.15) is 5.56 Å². The normalized spacial score (nSPS) is 9.65. The number of hydrogen-bond acceptors (Lipinski definition) is 6. The molecular weight excluding hydrogens is 238 g/mol. The zero-order valence-electron chi connectivity index (χ0n) is 9.01. The van der Waals surface area contributed by atoms with Gasteiger partial charge < -0.3 is 15.2 Å². The first-order valence-electron chi connectivity index (χ1n) is 4.69. The molecule has 86 valence electrons. The Balaban J connectivity index is 2.29. The molecule has 17 heavy (non-hydrogen) atoms. The number of anilines is 1. The molecule has 0 aliphatic carbocycles. The minimum Gasteiger partial charge on any atom is -0.497 e. The van der Waals surface area contributed by atoms with Gasteiger partial charge in [-0.25, -0.2) is 4.98 Å². The summed E-state index contributed by atoms with van der Waals surface area (Å²) in [6, 6.07) is 6.95. The molecule has 0 bridgehead atoms. The maximum atomic E-state index is 8.86. The Labute approximate surface area is 102 Å². The highest BCUT2D eigenvalue weighted by Crippen LogP contribution is 2.30. The van der Waals surface area contributed by atoms with Gasteiger partial charge in [0.25, 0.3) is 5.19 Å². The molecule has 0 aliphatic heterocycles. The van der Waals surface area contributed by atoms with Gasteiger partial charge in [-0.1, -0.05) is 11.3 Å². The number of rotatable bonds is 3. The number of nitriles is 1. The Morgan fingerprint density at radius 1 is 1.35 bits per heavy atom. The van der Waals surface area contributed by atoms with Crippen LogP contribution in [0.4, 0.5) is 5.00 Å². The molecule has 6 heteroatoms. The van der Waals surface area contributed by atoms with Crippen LogP contribution in [-0.2, 0) is 0 Å². The standard InChI is InChI=1S/C11H9N3O2S/c1-15-8-2-7(5-12)3-9(4-8)16-11-14-6-10(13)17-11/h2-4,6H,13H2,1H3. The lowest BCUT2D eigenvalue weighted by atomic mass is 10.2. The van der Waals surface area contributed by atoms with Crippen molar-refractivity contribution in [1.82, 2.24) is 4.98 Å². The van der Waals surface area contributed by atoms with Crippen LogP contribution in [0.25, 0.3) is 0 Å². The molecule has 0 atom stereocenters. The van der Waals surface area contributed by atoms with Crippen LogP contribution in [0.5, 0.6) is 16.7 Å². The SMILES string of the molecule is COc1cc(C#N)cc(Oc2ncc(N)s2)c1. The number of thiazole rings is 1. The monoisotopic (exact) mass is 247 g/mol. The number of ether oxygens (including phenoxy) is 2. The Kier molecular flexibility index (Phi) is 3.12. The van der Waals surface area contributed by atoms with Crippen molar-refractivity contribution in [3.05, 3.63) is 30.0 Å². The molecule has 1 aromatic heterocycles. The molecule has 1 aromatic carbocycles. The molecule has 0 amide bonds. The molecule has 2 aromatic rings. The lowest BCUT2D eigenvalue weighted by Gasteiger charge is -2.05. The van der Waals surface area contributed by atoms with Gasteiger partial charge in [0.2, 0.25) is 0 Å². The van der Waals surface area contributed by atoms with Crippen LogP contribution in [0.3, 0.4) is 0 Å². The Morgan fingerprint density at radius 2 is 2.12 bits per heavy atom. The summed E-state index contributed by atoms with van der Waals surface area (Å²) in [5.41, 5.74) is 6.01. The largest absolute Gasteiger partial charge is 0.497 e. The summed E-state index contributed by atoms with van der Waals surface area (Å²) in [6.07, 6.45) is 1.52. The molecule has 0 unspecified atom stereocenters. The third kappa shape index (κ3) is 2.65. The Hall–Kier alpha value is -2.26. The number of nitrogens with two attached hydrogens (primary N) is 1. The van der Waals surface area contributed by atoms with Crippen LogP contribution >= 0.6 is 11.3 Å². The van der Waals surface area contributed by atoms with Crippen molar-refractivity contribution in [2.75, 3.05) is 12.8 Å². The lowest BCUT2D eigenvalue weighted by molar-refractivity contribution is 0.408. The van der Waals surface area contributed by atoms with E-state index in [1.807, 2.05) is 6.07 Å². The highest BCUT2D eigenvalue weighted by Gasteiger charge is 2.06. The number of nitrogens with zero attached hydrogens (tertiary/aromatic N) is 2. The Morgan fingerprint density at radius 3 is 2.71 bits per heavy atom. The van der Waals surface area contributed by atoms with Crippen LogP contribution in [-0.4, -0.2) is 12.1 Å². The second-order valence-corrected chi connectivity index (χ2v) is 4.16. The minimum atomic E-state index is 0.430. The first-order chi connectivity index (χ1) is 8.21. The van der Waals surface area contributed by atoms with Crippen molar-refractivity contribution in [2.45, 2.75) is 0 Å². The van der Waals surface area contributed by atoms with E-state index in [0.29, 0.717) is 27.3 Å². The summed E-state index contributed by atoms with van der Waals surface area (Å²) in [5.74, 6) is 1.05. The van der Waals surface area contributed by atoms with Crippen molar-refractivity contribution < 1.29 is 9.47 Å². The summed E-state index contributed by atoms with van der Waals surface area (Å²) < 4.78 is 10.5. The quantitative estimate of drug-likeness (QED) is 0.900. The Bertz CT molecular complexity index is 574.